The lowest BCUT2D eigenvalue weighted by Gasteiger charge is -2.00. The topological polar surface area (TPSA) is 24.9 Å². The van der Waals surface area contributed by atoms with Crippen molar-refractivity contribution < 1.29 is 0 Å². The highest BCUT2D eigenvalue weighted by molar-refractivity contribution is 7.97. The van der Waals surface area contributed by atoms with E-state index in [4.69, 9.17) is 4.98 Å². The average molecular weight is 242 g/mol. The van der Waals surface area contributed by atoms with E-state index in [0.29, 0.717) is 0 Å². The number of hydrogen-bond acceptors (Lipinski definition) is 4. The van der Waals surface area contributed by atoms with Crippen molar-refractivity contribution in [3.05, 3.63) is 15.6 Å². The average Bonchev–Trinajstić information content (AvgIpc) is 2.99. The van der Waals surface area contributed by atoms with Crippen LogP contribution in [0.2, 0.25) is 0 Å². The van der Waals surface area contributed by atoms with Crippen LogP contribution in [0.4, 0.5) is 0 Å². The third-order valence-electron chi connectivity index (χ3n) is 2.54. The molecule has 1 aliphatic carbocycles. The minimum Gasteiger partial charge on any atom is -0.312 e. The van der Waals surface area contributed by atoms with E-state index in [2.05, 4.69) is 18.5 Å². The Morgan fingerprint density at radius 1 is 1.53 bits per heavy atom. The maximum atomic E-state index is 4.77. The van der Waals surface area contributed by atoms with Crippen molar-refractivity contribution in [3.63, 3.8) is 0 Å². The summed E-state index contributed by atoms with van der Waals surface area (Å²) in [4.78, 5) is 6.25. The Labute approximate surface area is 99.9 Å². The standard InChI is InChI=1S/C11H18N2S2/c1-3-12-6-9-11(8-4-5-8)13-10(15-9)7-14-2/h8,12H,3-7H2,1-2H3. The van der Waals surface area contributed by atoms with E-state index in [0.717, 1.165) is 24.8 Å². The molecule has 0 bridgehead atoms. The minimum absolute atomic E-state index is 0.783. The molecule has 0 aliphatic heterocycles. The van der Waals surface area contributed by atoms with Crippen LogP contribution >= 0.6 is 23.1 Å². The van der Waals surface area contributed by atoms with Gasteiger partial charge in [-0.2, -0.15) is 11.8 Å². The molecule has 0 atom stereocenters. The molecule has 2 rings (SSSR count). The Balaban J connectivity index is 2.09. The zero-order valence-electron chi connectivity index (χ0n) is 9.38. The van der Waals surface area contributed by atoms with Gasteiger partial charge in [0.05, 0.1) is 5.69 Å². The Kier molecular flexibility index (Phi) is 4.05. The highest BCUT2D eigenvalue weighted by atomic mass is 32.2. The zero-order chi connectivity index (χ0) is 10.7. The number of nitrogens with zero attached hydrogens (tertiary/aromatic N) is 1. The van der Waals surface area contributed by atoms with Crippen molar-refractivity contribution >= 4 is 23.1 Å². The molecule has 2 nitrogen and oxygen atoms in total. The van der Waals surface area contributed by atoms with Gasteiger partial charge in [0, 0.05) is 23.1 Å². The predicted octanol–water partition coefficient (Wildman–Crippen LogP) is 2.99. The van der Waals surface area contributed by atoms with Gasteiger partial charge in [-0.25, -0.2) is 4.98 Å². The van der Waals surface area contributed by atoms with Crippen LogP contribution in [0.5, 0.6) is 0 Å². The molecule has 1 heterocycles. The van der Waals surface area contributed by atoms with Gasteiger partial charge in [0.15, 0.2) is 0 Å². The van der Waals surface area contributed by atoms with E-state index >= 15 is 0 Å². The first kappa shape index (κ1) is 11.4. The fourth-order valence-corrected chi connectivity index (χ4v) is 3.46. The molecular formula is C11H18N2S2. The monoisotopic (exact) mass is 242 g/mol. The highest BCUT2D eigenvalue weighted by Gasteiger charge is 2.29. The van der Waals surface area contributed by atoms with Crippen molar-refractivity contribution in [2.75, 3.05) is 12.8 Å². The van der Waals surface area contributed by atoms with Crippen molar-refractivity contribution in [1.29, 1.82) is 0 Å². The molecule has 1 saturated carbocycles. The molecule has 0 aromatic carbocycles. The first-order valence-corrected chi connectivity index (χ1v) is 7.74. The molecule has 1 aromatic heterocycles. The van der Waals surface area contributed by atoms with Gasteiger partial charge in [-0.3, -0.25) is 0 Å². The van der Waals surface area contributed by atoms with Gasteiger partial charge >= 0.3 is 0 Å². The van der Waals surface area contributed by atoms with E-state index in [1.165, 1.54) is 28.4 Å². The molecule has 4 heteroatoms. The summed E-state index contributed by atoms with van der Waals surface area (Å²) in [5, 5.41) is 4.71. The second kappa shape index (κ2) is 5.32. The zero-order valence-corrected chi connectivity index (χ0v) is 11.0. The van der Waals surface area contributed by atoms with E-state index in [-0.39, 0.29) is 0 Å². The molecule has 0 unspecified atom stereocenters. The Hall–Kier alpha value is -0.0600. The summed E-state index contributed by atoms with van der Waals surface area (Å²) < 4.78 is 0. The first-order valence-electron chi connectivity index (χ1n) is 5.53. The normalized spacial score (nSPS) is 15.9. The van der Waals surface area contributed by atoms with Crippen LogP contribution in [0.25, 0.3) is 0 Å². The maximum absolute atomic E-state index is 4.77. The summed E-state index contributed by atoms with van der Waals surface area (Å²) in [7, 11) is 0. The van der Waals surface area contributed by atoms with Crippen LogP contribution in [0.15, 0.2) is 0 Å². The lowest BCUT2D eigenvalue weighted by Crippen LogP contribution is -2.11. The Morgan fingerprint density at radius 2 is 2.33 bits per heavy atom. The van der Waals surface area contributed by atoms with Crippen molar-refractivity contribution in [2.24, 2.45) is 0 Å². The number of thioether (sulfide) groups is 1. The summed E-state index contributed by atoms with van der Waals surface area (Å²) in [6.45, 7) is 4.20. The van der Waals surface area contributed by atoms with Gasteiger partial charge in [-0.05, 0) is 25.6 Å². The number of rotatable bonds is 6. The minimum atomic E-state index is 0.783. The quantitative estimate of drug-likeness (QED) is 0.830. The number of aromatic nitrogens is 1. The van der Waals surface area contributed by atoms with Gasteiger partial charge in [0.2, 0.25) is 0 Å². The SMILES string of the molecule is CCNCc1sc(CSC)nc1C1CC1. The summed E-state index contributed by atoms with van der Waals surface area (Å²) in [6, 6.07) is 0. The Bertz CT molecular complexity index is 318. The van der Waals surface area contributed by atoms with Gasteiger partial charge in [0.25, 0.3) is 0 Å². The summed E-state index contributed by atoms with van der Waals surface area (Å²) in [6.07, 6.45) is 4.84. The molecule has 0 spiro atoms. The number of hydrogen-bond donors (Lipinski definition) is 1. The molecule has 1 aliphatic rings. The molecule has 15 heavy (non-hydrogen) atoms. The van der Waals surface area contributed by atoms with E-state index in [1.54, 1.807) is 0 Å². The number of thiazole rings is 1. The van der Waals surface area contributed by atoms with E-state index < -0.39 is 0 Å². The molecule has 0 radical (unpaired) electrons. The lowest BCUT2D eigenvalue weighted by atomic mass is 10.2. The molecule has 0 saturated heterocycles. The second-order valence-electron chi connectivity index (χ2n) is 3.90. The molecule has 1 N–H and O–H groups in total. The highest BCUT2D eigenvalue weighted by Crippen LogP contribution is 2.42. The van der Waals surface area contributed by atoms with Crippen LogP contribution in [0.3, 0.4) is 0 Å². The molecular weight excluding hydrogens is 224 g/mol. The lowest BCUT2D eigenvalue weighted by molar-refractivity contribution is 0.726. The number of nitrogens with one attached hydrogen (secondary N) is 1. The van der Waals surface area contributed by atoms with Crippen LogP contribution in [0, 0.1) is 0 Å². The largest absolute Gasteiger partial charge is 0.312 e. The molecule has 1 fully saturated rings. The fraction of sp³-hybridized carbons (Fsp3) is 0.727. The second-order valence-corrected chi connectivity index (χ2v) is 5.94. The maximum Gasteiger partial charge on any atom is 0.103 e. The van der Waals surface area contributed by atoms with Gasteiger partial charge < -0.3 is 5.32 Å². The summed E-state index contributed by atoms with van der Waals surface area (Å²) in [5.41, 5.74) is 1.39. The van der Waals surface area contributed by atoms with Crippen molar-refractivity contribution in [2.45, 2.75) is 38.0 Å². The third-order valence-corrected chi connectivity index (χ3v) is 4.36. The smallest absolute Gasteiger partial charge is 0.103 e. The third kappa shape index (κ3) is 2.95. The van der Waals surface area contributed by atoms with Gasteiger partial charge in [-0.15, -0.1) is 11.3 Å². The van der Waals surface area contributed by atoms with E-state index in [9.17, 15) is 0 Å². The van der Waals surface area contributed by atoms with Crippen LogP contribution in [-0.4, -0.2) is 17.8 Å². The van der Waals surface area contributed by atoms with Gasteiger partial charge in [0.1, 0.15) is 5.01 Å². The summed E-state index contributed by atoms with van der Waals surface area (Å²) in [5.74, 6) is 1.85. The molecule has 1 aromatic rings. The predicted molar refractivity (Wildman–Crippen MR) is 68.7 cm³/mol. The fourth-order valence-electron chi connectivity index (χ4n) is 1.64. The van der Waals surface area contributed by atoms with Crippen molar-refractivity contribution in [1.82, 2.24) is 10.3 Å². The summed E-state index contributed by atoms with van der Waals surface area (Å²) >= 11 is 3.76. The van der Waals surface area contributed by atoms with Gasteiger partial charge in [-0.1, -0.05) is 6.92 Å². The molecule has 84 valence electrons. The first-order chi connectivity index (χ1) is 7.35. The van der Waals surface area contributed by atoms with Crippen molar-refractivity contribution in [3.8, 4) is 0 Å². The molecule has 0 amide bonds. The van der Waals surface area contributed by atoms with E-state index in [1.807, 2.05) is 23.1 Å². The van der Waals surface area contributed by atoms with Crippen LogP contribution < -0.4 is 5.32 Å². The Morgan fingerprint density at radius 3 is 2.93 bits per heavy atom. The van der Waals surface area contributed by atoms with Crippen LogP contribution in [0.1, 0.15) is 41.3 Å². The van der Waals surface area contributed by atoms with Crippen LogP contribution in [-0.2, 0) is 12.3 Å².